The molecule has 3 rings (SSSR count). The first kappa shape index (κ1) is 13.4. The van der Waals surface area contributed by atoms with Crippen molar-refractivity contribution in [2.45, 2.75) is 38.3 Å². The molecule has 2 N–H and O–H groups in total. The lowest BCUT2D eigenvalue weighted by Gasteiger charge is -2.23. The van der Waals surface area contributed by atoms with Crippen LogP contribution in [-0.2, 0) is 11.3 Å². The van der Waals surface area contributed by atoms with Crippen LogP contribution in [0.2, 0.25) is 0 Å². The van der Waals surface area contributed by atoms with Gasteiger partial charge in [0.15, 0.2) is 0 Å². The molecule has 2 amide bonds. The third kappa shape index (κ3) is 2.80. The summed E-state index contributed by atoms with van der Waals surface area (Å²) in [6.07, 6.45) is 3.42. The summed E-state index contributed by atoms with van der Waals surface area (Å²) in [6.45, 7) is 0.864. The minimum absolute atomic E-state index is 0.131. The highest BCUT2D eigenvalue weighted by Gasteiger charge is 2.50. The Balaban J connectivity index is 1.57. The van der Waals surface area contributed by atoms with Crippen LogP contribution in [0.25, 0.3) is 0 Å². The van der Waals surface area contributed by atoms with Gasteiger partial charge in [-0.25, -0.2) is 4.79 Å². The molecule has 1 aromatic rings. The highest BCUT2D eigenvalue weighted by atomic mass is 32.1. The van der Waals surface area contributed by atoms with Crippen LogP contribution in [-0.4, -0.2) is 34.6 Å². The summed E-state index contributed by atoms with van der Waals surface area (Å²) in [4.78, 5) is 26.4. The summed E-state index contributed by atoms with van der Waals surface area (Å²) in [6, 6.07) is 4.19. The molecule has 0 atom stereocenters. The number of aliphatic carboxylic acids is 1. The Kier molecular flexibility index (Phi) is 3.41. The van der Waals surface area contributed by atoms with E-state index in [0.29, 0.717) is 25.4 Å². The van der Waals surface area contributed by atoms with Crippen LogP contribution in [0.1, 0.15) is 30.6 Å². The van der Waals surface area contributed by atoms with Crippen LogP contribution in [0.4, 0.5) is 4.79 Å². The van der Waals surface area contributed by atoms with Crippen molar-refractivity contribution in [1.82, 2.24) is 10.2 Å². The van der Waals surface area contributed by atoms with E-state index in [-0.39, 0.29) is 12.6 Å². The van der Waals surface area contributed by atoms with Gasteiger partial charge in [-0.2, -0.15) is 0 Å². The molecular formula is C14H18N2O3S. The largest absolute Gasteiger partial charge is 0.481 e. The maximum atomic E-state index is 12.3. The van der Waals surface area contributed by atoms with Gasteiger partial charge in [-0.3, -0.25) is 4.79 Å². The van der Waals surface area contributed by atoms with Gasteiger partial charge in [-0.05, 0) is 37.1 Å². The quantitative estimate of drug-likeness (QED) is 0.845. The van der Waals surface area contributed by atoms with Gasteiger partial charge < -0.3 is 15.3 Å². The third-order valence-electron chi connectivity index (χ3n) is 4.04. The molecule has 2 saturated carbocycles. The van der Waals surface area contributed by atoms with E-state index >= 15 is 0 Å². The van der Waals surface area contributed by atoms with Gasteiger partial charge >= 0.3 is 12.0 Å². The van der Waals surface area contributed by atoms with Gasteiger partial charge in [-0.1, -0.05) is 6.07 Å². The second-order valence-electron chi connectivity index (χ2n) is 5.68. The number of amides is 2. The van der Waals surface area contributed by atoms with E-state index in [4.69, 9.17) is 5.11 Å². The fourth-order valence-electron chi connectivity index (χ4n) is 2.29. The molecule has 0 radical (unpaired) electrons. The summed E-state index contributed by atoms with van der Waals surface area (Å²) in [5.74, 6) is -0.797. The monoisotopic (exact) mass is 294 g/mol. The van der Waals surface area contributed by atoms with Crippen molar-refractivity contribution in [2.24, 2.45) is 5.41 Å². The Bertz CT molecular complexity index is 506. The Morgan fingerprint density at radius 1 is 1.45 bits per heavy atom. The molecule has 2 aliphatic carbocycles. The number of carbonyl (C=O) groups excluding carboxylic acids is 1. The Morgan fingerprint density at radius 3 is 2.70 bits per heavy atom. The lowest BCUT2D eigenvalue weighted by Crippen LogP contribution is -2.44. The van der Waals surface area contributed by atoms with E-state index < -0.39 is 11.4 Å². The van der Waals surface area contributed by atoms with Crippen molar-refractivity contribution in [3.63, 3.8) is 0 Å². The summed E-state index contributed by atoms with van der Waals surface area (Å²) in [7, 11) is 0. The summed E-state index contributed by atoms with van der Waals surface area (Å²) in [5, 5.41) is 13.9. The fraction of sp³-hybridized carbons (Fsp3) is 0.571. The molecule has 0 unspecified atom stereocenters. The molecule has 0 spiro atoms. The van der Waals surface area contributed by atoms with Gasteiger partial charge in [0.05, 0.1) is 12.0 Å². The number of carboxylic acid groups (broad SMARTS) is 1. The van der Waals surface area contributed by atoms with Crippen molar-refractivity contribution in [3.8, 4) is 0 Å². The van der Waals surface area contributed by atoms with Gasteiger partial charge in [0, 0.05) is 17.5 Å². The van der Waals surface area contributed by atoms with Gasteiger partial charge in [0.2, 0.25) is 0 Å². The number of thiophene rings is 1. The molecular weight excluding hydrogens is 276 g/mol. The normalized spacial score (nSPS) is 19.4. The van der Waals surface area contributed by atoms with E-state index in [1.54, 1.807) is 11.3 Å². The number of carboxylic acids is 1. The number of nitrogens with zero attached hydrogens (tertiary/aromatic N) is 1. The number of urea groups is 1. The maximum absolute atomic E-state index is 12.3. The molecule has 0 aliphatic heterocycles. The molecule has 2 fully saturated rings. The maximum Gasteiger partial charge on any atom is 0.318 e. The highest BCUT2D eigenvalue weighted by molar-refractivity contribution is 7.09. The minimum Gasteiger partial charge on any atom is -0.481 e. The molecule has 1 heterocycles. The van der Waals surface area contributed by atoms with Gasteiger partial charge in [0.25, 0.3) is 0 Å². The number of rotatable bonds is 6. The van der Waals surface area contributed by atoms with E-state index in [1.165, 1.54) is 0 Å². The van der Waals surface area contributed by atoms with E-state index in [0.717, 1.165) is 17.7 Å². The Labute approximate surface area is 121 Å². The first-order valence-corrected chi connectivity index (χ1v) is 7.79. The van der Waals surface area contributed by atoms with Crippen LogP contribution in [0.3, 0.4) is 0 Å². The van der Waals surface area contributed by atoms with Crippen molar-refractivity contribution >= 4 is 23.3 Å². The molecule has 0 saturated heterocycles. The van der Waals surface area contributed by atoms with Crippen LogP contribution in [0, 0.1) is 5.41 Å². The Morgan fingerprint density at radius 2 is 2.20 bits per heavy atom. The van der Waals surface area contributed by atoms with Crippen LogP contribution in [0.5, 0.6) is 0 Å². The predicted molar refractivity (Wildman–Crippen MR) is 75.6 cm³/mol. The average Bonchev–Trinajstić information content (AvgIpc) is 3.34. The number of nitrogens with one attached hydrogen (secondary N) is 1. The summed E-state index contributed by atoms with van der Waals surface area (Å²) >= 11 is 1.64. The first-order chi connectivity index (χ1) is 9.61. The van der Waals surface area contributed by atoms with Crippen molar-refractivity contribution in [1.29, 1.82) is 0 Å². The number of carbonyl (C=O) groups is 2. The second-order valence-corrected chi connectivity index (χ2v) is 6.71. The average molecular weight is 294 g/mol. The lowest BCUT2D eigenvalue weighted by atomic mass is 10.1. The topological polar surface area (TPSA) is 69.6 Å². The van der Waals surface area contributed by atoms with Gasteiger partial charge in [-0.15, -0.1) is 11.3 Å². The van der Waals surface area contributed by atoms with Crippen molar-refractivity contribution < 1.29 is 14.7 Å². The SMILES string of the molecule is O=C(NCC1(C(=O)O)CC1)N(Cc1cccs1)C1CC1. The molecule has 5 nitrogen and oxygen atoms in total. The number of hydrogen-bond acceptors (Lipinski definition) is 3. The molecule has 6 heteroatoms. The molecule has 1 aromatic heterocycles. The molecule has 0 aromatic carbocycles. The van der Waals surface area contributed by atoms with E-state index in [2.05, 4.69) is 5.32 Å². The second kappa shape index (κ2) is 5.09. The Hall–Kier alpha value is -1.56. The summed E-state index contributed by atoms with van der Waals surface area (Å²) < 4.78 is 0. The van der Waals surface area contributed by atoms with Gasteiger partial charge in [0.1, 0.15) is 0 Å². The van der Waals surface area contributed by atoms with Crippen molar-refractivity contribution in [2.75, 3.05) is 6.54 Å². The number of hydrogen-bond donors (Lipinski definition) is 2. The van der Waals surface area contributed by atoms with Crippen LogP contribution < -0.4 is 5.32 Å². The fourth-order valence-corrected chi connectivity index (χ4v) is 2.99. The molecule has 0 bridgehead atoms. The third-order valence-corrected chi connectivity index (χ3v) is 4.90. The molecule has 20 heavy (non-hydrogen) atoms. The summed E-state index contributed by atoms with van der Waals surface area (Å²) in [5.41, 5.74) is -0.701. The highest BCUT2D eigenvalue weighted by Crippen LogP contribution is 2.45. The zero-order valence-electron chi connectivity index (χ0n) is 11.2. The van der Waals surface area contributed by atoms with Crippen molar-refractivity contribution in [3.05, 3.63) is 22.4 Å². The zero-order valence-corrected chi connectivity index (χ0v) is 12.0. The first-order valence-electron chi connectivity index (χ1n) is 6.91. The van der Waals surface area contributed by atoms with E-state index in [9.17, 15) is 9.59 Å². The lowest BCUT2D eigenvalue weighted by molar-refractivity contribution is -0.143. The zero-order chi connectivity index (χ0) is 14.2. The van der Waals surface area contributed by atoms with Crippen LogP contribution >= 0.6 is 11.3 Å². The molecule has 108 valence electrons. The standard InChI is InChI=1S/C14H18N2O3S/c17-12(18)14(5-6-14)9-15-13(19)16(10-3-4-10)8-11-2-1-7-20-11/h1-2,7,10H,3-6,8-9H2,(H,15,19)(H,17,18). The smallest absolute Gasteiger partial charge is 0.318 e. The molecule has 2 aliphatic rings. The minimum atomic E-state index is -0.797. The van der Waals surface area contributed by atoms with E-state index in [1.807, 2.05) is 22.4 Å². The van der Waals surface area contributed by atoms with Crippen LogP contribution in [0.15, 0.2) is 17.5 Å². The predicted octanol–water partition coefficient (Wildman–Crippen LogP) is 2.29.